The molecule has 0 spiro atoms. The third-order valence-electron chi connectivity index (χ3n) is 2.77. The fraction of sp³-hybridized carbons (Fsp3) is 0.133. The third kappa shape index (κ3) is 3.55. The van der Waals surface area contributed by atoms with Crippen molar-refractivity contribution in [2.24, 2.45) is 0 Å². The molecule has 0 saturated heterocycles. The molecular formula is C15H15FN2O. The molecular weight excluding hydrogens is 243 g/mol. The monoisotopic (exact) mass is 258 g/mol. The van der Waals surface area contributed by atoms with Gasteiger partial charge in [0.2, 0.25) is 0 Å². The van der Waals surface area contributed by atoms with Gasteiger partial charge in [-0.25, -0.2) is 9.18 Å². The number of carbonyl (C=O) groups is 1. The second-order valence-electron chi connectivity index (χ2n) is 4.21. The Hall–Kier alpha value is -2.36. The van der Waals surface area contributed by atoms with Gasteiger partial charge in [0, 0.05) is 0 Å². The number of carbonyl (C=O) groups excluding carboxylic acids is 1. The van der Waals surface area contributed by atoms with E-state index >= 15 is 0 Å². The van der Waals surface area contributed by atoms with Crippen molar-refractivity contribution in [2.45, 2.75) is 13.0 Å². The minimum atomic E-state index is -0.454. The van der Waals surface area contributed by atoms with Crippen molar-refractivity contribution < 1.29 is 9.18 Å². The van der Waals surface area contributed by atoms with Gasteiger partial charge in [0.05, 0.1) is 11.7 Å². The molecule has 0 heterocycles. The Morgan fingerprint density at radius 2 is 1.68 bits per heavy atom. The smallest absolute Gasteiger partial charge is 0.319 e. The summed E-state index contributed by atoms with van der Waals surface area (Å²) in [5.41, 5.74) is 1.16. The van der Waals surface area contributed by atoms with Crippen molar-refractivity contribution in [2.75, 3.05) is 5.32 Å². The highest BCUT2D eigenvalue weighted by Crippen LogP contribution is 2.14. The van der Waals surface area contributed by atoms with E-state index in [-0.39, 0.29) is 11.7 Å². The van der Waals surface area contributed by atoms with Crippen LogP contribution in [0.15, 0.2) is 54.6 Å². The maximum absolute atomic E-state index is 13.4. The van der Waals surface area contributed by atoms with Crippen LogP contribution >= 0.6 is 0 Å². The minimum Gasteiger partial charge on any atom is -0.331 e. The molecule has 0 aliphatic carbocycles. The molecule has 98 valence electrons. The maximum Gasteiger partial charge on any atom is 0.319 e. The number of anilines is 1. The highest BCUT2D eigenvalue weighted by molar-refractivity contribution is 5.89. The van der Waals surface area contributed by atoms with Crippen LogP contribution in [0.3, 0.4) is 0 Å². The van der Waals surface area contributed by atoms with Crippen molar-refractivity contribution in [3.8, 4) is 0 Å². The molecule has 0 aliphatic heterocycles. The molecule has 2 rings (SSSR count). The van der Waals surface area contributed by atoms with Crippen molar-refractivity contribution in [1.29, 1.82) is 0 Å². The standard InChI is InChI=1S/C15H15FN2O/c1-11(12-7-3-2-4-8-12)17-15(19)18-14-10-6-5-9-13(14)16/h2-11H,1H3,(H2,17,18,19)/t11-/m0/s1. The van der Waals surface area contributed by atoms with E-state index in [0.29, 0.717) is 0 Å². The predicted octanol–water partition coefficient (Wildman–Crippen LogP) is 3.71. The van der Waals surface area contributed by atoms with Gasteiger partial charge in [-0.15, -0.1) is 0 Å². The van der Waals surface area contributed by atoms with E-state index in [2.05, 4.69) is 10.6 Å². The molecule has 0 aromatic heterocycles. The highest BCUT2D eigenvalue weighted by Gasteiger charge is 2.10. The highest BCUT2D eigenvalue weighted by atomic mass is 19.1. The molecule has 2 N–H and O–H groups in total. The van der Waals surface area contributed by atoms with Gasteiger partial charge >= 0.3 is 6.03 Å². The summed E-state index contributed by atoms with van der Waals surface area (Å²) in [6, 6.07) is 15.1. The molecule has 0 aliphatic rings. The lowest BCUT2D eigenvalue weighted by Gasteiger charge is -2.15. The van der Waals surface area contributed by atoms with Gasteiger partial charge in [-0.3, -0.25) is 0 Å². The first-order valence-electron chi connectivity index (χ1n) is 6.04. The average molecular weight is 258 g/mol. The maximum atomic E-state index is 13.4. The lowest BCUT2D eigenvalue weighted by molar-refractivity contribution is 0.249. The van der Waals surface area contributed by atoms with Gasteiger partial charge in [-0.1, -0.05) is 42.5 Å². The minimum absolute atomic E-state index is 0.145. The van der Waals surface area contributed by atoms with Crippen LogP contribution in [0, 0.1) is 5.82 Å². The van der Waals surface area contributed by atoms with E-state index < -0.39 is 11.8 Å². The Morgan fingerprint density at radius 1 is 1.05 bits per heavy atom. The molecule has 0 bridgehead atoms. The van der Waals surface area contributed by atoms with E-state index in [1.807, 2.05) is 37.3 Å². The SMILES string of the molecule is C[C@H](NC(=O)Nc1ccccc1F)c1ccccc1. The van der Waals surface area contributed by atoms with Crippen LogP contribution < -0.4 is 10.6 Å². The average Bonchev–Trinajstić information content (AvgIpc) is 2.42. The summed E-state index contributed by atoms with van der Waals surface area (Å²) in [5.74, 6) is -0.454. The summed E-state index contributed by atoms with van der Waals surface area (Å²) >= 11 is 0. The van der Waals surface area contributed by atoms with Crippen LogP contribution in [0.1, 0.15) is 18.5 Å². The Kier molecular flexibility index (Phi) is 4.13. The molecule has 19 heavy (non-hydrogen) atoms. The first-order valence-corrected chi connectivity index (χ1v) is 6.04. The molecule has 0 unspecified atom stereocenters. The van der Waals surface area contributed by atoms with Crippen LogP contribution in [-0.2, 0) is 0 Å². The van der Waals surface area contributed by atoms with E-state index in [1.54, 1.807) is 12.1 Å². The second-order valence-corrected chi connectivity index (χ2v) is 4.21. The number of amides is 2. The number of hydrogen-bond donors (Lipinski definition) is 2. The normalized spacial score (nSPS) is 11.7. The summed E-state index contributed by atoms with van der Waals surface area (Å²) in [7, 11) is 0. The van der Waals surface area contributed by atoms with E-state index in [4.69, 9.17) is 0 Å². The molecule has 2 amide bonds. The van der Waals surface area contributed by atoms with Crippen molar-refractivity contribution >= 4 is 11.7 Å². The Labute approximate surface area is 111 Å². The topological polar surface area (TPSA) is 41.1 Å². The molecule has 0 fully saturated rings. The number of rotatable bonds is 3. The van der Waals surface area contributed by atoms with Crippen LogP contribution in [0.25, 0.3) is 0 Å². The lowest BCUT2D eigenvalue weighted by atomic mass is 10.1. The number of benzene rings is 2. The van der Waals surface area contributed by atoms with Crippen molar-refractivity contribution in [3.63, 3.8) is 0 Å². The van der Waals surface area contributed by atoms with Crippen LogP contribution in [0.4, 0.5) is 14.9 Å². The zero-order chi connectivity index (χ0) is 13.7. The summed E-state index contributed by atoms with van der Waals surface area (Å²) in [4.78, 5) is 11.8. The Balaban J connectivity index is 1.97. The zero-order valence-corrected chi connectivity index (χ0v) is 10.6. The third-order valence-corrected chi connectivity index (χ3v) is 2.77. The second kappa shape index (κ2) is 6.00. The number of urea groups is 1. The van der Waals surface area contributed by atoms with Gasteiger partial charge in [-0.05, 0) is 24.6 Å². The van der Waals surface area contributed by atoms with E-state index in [1.165, 1.54) is 12.1 Å². The number of hydrogen-bond acceptors (Lipinski definition) is 1. The fourth-order valence-corrected chi connectivity index (χ4v) is 1.74. The quantitative estimate of drug-likeness (QED) is 0.865. The molecule has 2 aromatic carbocycles. The van der Waals surface area contributed by atoms with Crippen LogP contribution in [-0.4, -0.2) is 6.03 Å². The Bertz CT molecular complexity index is 557. The number of para-hydroxylation sites is 1. The molecule has 0 radical (unpaired) electrons. The summed E-state index contributed by atoms with van der Waals surface area (Å²) in [5, 5.41) is 5.24. The molecule has 0 saturated carbocycles. The van der Waals surface area contributed by atoms with Gasteiger partial charge < -0.3 is 10.6 Å². The van der Waals surface area contributed by atoms with E-state index in [0.717, 1.165) is 5.56 Å². The van der Waals surface area contributed by atoms with Gasteiger partial charge in [0.25, 0.3) is 0 Å². The molecule has 3 nitrogen and oxygen atoms in total. The van der Waals surface area contributed by atoms with Crippen molar-refractivity contribution in [3.05, 3.63) is 66.0 Å². The van der Waals surface area contributed by atoms with Gasteiger partial charge in [0.1, 0.15) is 5.82 Å². The van der Waals surface area contributed by atoms with Gasteiger partial charge in [-0.2, -0.15) is 0 Å². The number of halogens is 1. The van der Waals surface area contributed by atoms with Crippen molar-refractivity contribution in [1.82, 2.24) is 5.32 Å². The predicted molar refractivity (Wildman–Crippen MR) is 73.4 cm³/mol. The lowest BCUT2D eigenvalue weighted by Crippen LogP contribution is -2.31. The molecule has 4 heteroatoms. The largest absolute Gasteiger partial charge is 0.331 e. The summed E-state index contributed by atoms with van der Waals surface area (Å²) in [6.45, 7) is 1.87. The number of nitrogens with one attached hydrogen (secondary N) is 2. The first kappa shape index (κ1) is 13.1. The zero-order valence-electron chi connectivity index (χ0n) is 10.6. The summed E-state index contributed by atoms with van der Waals surface area (Å²) in [6.07, 6.45) is 0. The first-order chi connectivity index (χ1) is 9.16. The fourth-order valence-electron chi connectivity index (χ4n) is 1.74. The van der Waals surface area contributed by atoms with Crippen LogP contribution in [0.5, 0.6) is 0 Å². The summed E-state index contributed by atoms with van der Waals surface area (Å²) < 4.78 is 13.4. The van der Waals surface area contributed by atoms with E-state index in [9.17, 15) is 9.18 Å². The van der Waals surface area contributed by atoms with Crippen LogP contribution in [0.2, 0.25) is 0 Å². The Morgan fingerprint density at radius 3 is 2.37 bits per heavy atom. The molecule has 1 atom stereocenters. The van der Waals surface area contributed by atoms with Gasteiger partial charge in [0.15, 0.2) is 0 Å². The molecule has 2 aromatic rings.